The average Bonchev–Trinajstić information content (AvgIpc) is 2.72. The van der Waals surface area contributed by atoms with Gasteiger partial charge in [0.1, 0.15) is 5.60 Å². The van der Waals surface area contributed by atoms with Gasteiger partial charge in [-0.05, 0) is 45.3 Å². The highest BCUT2D eigenvalue weighted by atomic mass is 35.5. The number of carbonyl (C=O) groups excluding carboxylic acids is 1. The Hall–Kier alpha value is -1.06. The second kappa shape index (κ2) is 7.01. The lowest BCUT2D eigenvalue weighted by atomic mass is 9.69. The Balaban J connectivity index is 0.00000176. The van der Waals surface area contributed by atoms with Crippen LogP contribution in [0.4, 0.5) is 0 Å². The highest BCUT2D eigenvalue weighted by molar-refractivity contribution is 5.85. The Morgan fingerprint density at radius 1 is 1.14 bits per heavy atom. The largest absolute Gasteiger partial charge is 0.458 e. The van der Waals surface area contributed by atoms with Gasteiger partial charge in [0, 0.05) is 12.5 Å². The van der Waals surface area contributed by atoms with Gasteiger partial charge in [0.25, 0.3) is 0 Å². The number of halogens is 1. The van der Waals surface area contributed by atoms with Gasteiger partial charge in [-0.25, -0.2) is 0 Å². The first kappa shape index (κ1) is 17.3. The topological polar surface area (TPSA) is 29.5 Å². The van der Waals surface area contributed by atoms with Gasteiger partial charge in [0.15, 0.2) is 0 Å². The van der Waals surface area contributed by atoms with E-state index in [-0.39, 0.29) is 35.8 Å². The van der Waals surface area contributed by atoms with Crippen LogP contribution in [0.25, 0.3) is 0 Å². The maximum atomic E-state index is 12.5. The van der Waals surface area contributed by atoms with Crippen molar-refractivity contribution < 1.29 is 9.53 Å². The third kappa shape index (κ3) is 3.16. The molecule has 1 heterocycles. The molecular weight excluding hydrogens is 298 g/mol. The number of nitrogens with zero attached hydrogens (tertiary/aromatic N) is 1. The van der Waals surface area contributed by atoms with Crippen LogP contribution in [0, 0.1) is 5.92 Å². The van der Waals surface area contributed by atoms with Crippen LogP contribution >= 0.6 is 12.4 Å². The first-order valence-electron chi connectivity index (χ1n) is 8.05. The summed E-state index contributed by atoms with van der Waals surface area (Å²) >= 11 is 0. The zero-order chi connectivity index (χ0) is 14.9. The SMILES string of the molecule is CN(C)CC1C(=O)OC2(CCCCC2)C1c1ccccc1.Cl. The van der Waals surface area contributed by atoms with Crippen molar-refractivity contribution >= 4 is 18.4 Å². The van der Waals surface area contributed by atoms with Crippen LogP contribution in [0.2, 0.25) is 0 Å². The number of hydrogen-bond donors (Lipinski definition) is 0. The van der Waals surface area contributed by atoms with Crippen molar-refractivity contribution in [3.05, 3.63) is 35.9 Å². The fourth-order valence-corrected chi connectivity index (χ4v) is 4.18. The Bertz CT molecular complexity index is 497. The highest BCUT2D eigenvalue weighted by Crippen LogP contribution is 2.51. The number of ether oxygens (including phenoxy) is 1. The fraction of sp³-hybridized carbons (Fsp3) is 0.611. The zero-order valence-electron chi connectivity index (χ0n) is 13.5. The molecule has 1 saturated carbocycles. The molecule has 1 saturated heterocycles. The first-order chi connectivity index (χ1) is 10.1. The summed E-state index contributed by atoms with van der Waals surface area (Å²) in [5, 5.41) is 0. The third-order valence-electron chi connectivity index (χ3n) is 5.00. The maximum absolute atomic E-state index is 12.5. The summed E-state index contributed by atoms with van der Waals surface area (Å²) in [6.07, 6.45) is 5.64. The first-order valence-corrected chi connectivity index (χ1v) is 8.05. The smallest absolute Gasteiger partial charge is 0.311 e. The van der Waals surface area contributed by atoms with Crippen LogP contribution in [-0.2, 0) is 9.53 Å². The molecule has 3 nitrogen and oxygen atoms in total. The zero-order valence-corrected chi connectivity index (χ0v) is 14.3. The predicted octanol–water partition coefficient (Wildman–Crippen LogP) is 3.63. The van der Waals surface area contributed by atoms with E-state index in [1.165, 1.54) is 24.8 Å². The molecule has 0 radical (unpaired) electrons. The standard InChI is InChI=1S/C18H25NO2.ClH/c1-19(2)13-15-16(14-9-5-3-6-10-14)18(21-17(15)20)11-7-4-8-12-18;/h3,5-6,9-10,15-16H,4,7-8,11-13H2,1-2H3;1H. The average molecular weight is 324 g/mol. The van der Waals surface area contributed by atoms with Crippen molar-refractivity contribution in [3.63, 3.8) is 0 Å². The van der Waals surface area contributed by atoms with Gasteiger partial charge in [-0.2, -0.15) is 0 Å². The minimum absolute atomic E-state index is 0. The predicted molar refractivity (Wildman–Crippen MR) is 90.4 cm³/mol. The lowest BCUT2D eigenvalue weighted by Gasteiger charge is -2.38. The molecule has 0 aromatic heterocycles. The Morgan fingerprint density at radius 3 is 2.36 bits per heavy atom. The molecule has 2 atom stereocenters. The molecule has 122 valence electrons. The monoisotopic (exact) mass is 323 g/mol. The van der Waals surface area contributed by atoms with Gasteiger partial charge in [-0.15, -0.1) is 12.4 Å². The molecule has 1 aromatic rings. The number of carbonyl (C=O) groups is 1. The van der Waals surface area contributed by atoms with Crippen LogP contribution in [0.1, 0.15) is 43.6 Å². The van der Waals surface area contributed by atoms with Gasteiger partial charge in [0.2, 0.25) is 0 Å². The van der Waals surface area contributed by atoms with E-state index in [2.05, 4.69) is 29.2 Å². The van der Waals surface area contributed by atoms with Crippen molar-refractivity contribution in [2.45, 2.75) is 43.6 Å². The van der Waals surface area contributed by atoms with Gasteiger partial charge in [0.05, 0.1) is 5.92 Å². The van der Waals surface area contributed by atoms with E-state index in [1.54, 1.807) is 0 Å². The van der Waals surface area contributed by atoms with Gasteiger partial charge < -0.3 is 9.64 Å². The lowest BCUT2D eigenvalue weighted by molar-refractivity contribution is -0.153. The molecule has 2 fully saturated rings. The van der Waals surface area contributed by atoms with Gasteiger partial charge in [-0.1, -0.05) is 36.8 Å². The molecule has 1 aliphatic carbocycles. The van der Waals surface area contributed by atoms with E-state index in [0.717, 1.165) is 19.4 Å². The van der Waals surface area contributed by atoms with Crippen molar-refractivity contribution in [2.75, 3.05) is 20.6 Å². The molecule has 1 spiro atoms. The van der Waals surface area contributed by atoms with Crippen molar-refractivity contribution in [3.8, 4) is 0 Å². The summed E-state index contributed by atoms with van der Waals surface area (Å²) in [6.45, 7) is 0.764. The lowest BCUT2D eigenvalue weighted by Crippen LogP contribution is -2.39. The number of hydrogen-bond acceptors (Lipinski definition) is 3. The van der Waals surface area contributed by atoms with Crippen LogP contribution in [0.5, 0.6) is 0 Å². The molecule has 0 amide bonds. The van der Waals surface area contributed by atoms with Crippen molar-refractivity contribution in [1.29, 1.82) is 0 Å². The molecule has 1 aromatic carbocycles. The van der Waals surface area contributed by atoms with Gasteiger partial charge in [-0.3, -0.25) is 4.79 Å². The second-order valence-electron chi connectivity index (χ2n) is 6.80. The molecule has 0 N–H and O–H groups in total. The Kier molecular flexibility index (Phi) is 5.51. The highest BCUT2D eigenvalue weighted by Gasteiger charge is 2.55. The number of esters is 1. The van der Waals surface area contributed by atoms with E-state index < -0.39 is 0 Å². The summed E-state index contributed by atoms with van der Waals surface area (Å²) in [6, 6.07) is 10.5. The van der Waals surface area contributed by atoms with E-state index in [1.807, 2.05) is 20.2 Å². The summed E-state index contributed by atoms with van der Waals surface area (Å²) in [4.78, 5) is 14.6. The maximum Gasteiger partial charge on any atom is 0.311 e. The Morgan fingerprint density at radius 2 is 1.77 bits per heavy atom. The minimum atomic E-state index is -0.253. The van der Waals surface area contributed by atoms with Gasteiger partial charge >= 0.3 is 5.97 Å². The third-order valence-corrected chi connectivity index (χ3v) is 5.00. The number of rotatable bonds is 3. The van der Waals surface area contributed by atoms with E-state index in [0.29, 0.717) is 0 Å². The fourth-order valence-electron chi connectivity index (χ4n) is 4.18. The summed E-state index contributed by atoms with van der Waals surface area (Å²) in [5.74, 6) is 0.161. The minimum Gasteiger partial charge on any atom is -0.458 e. The summed E-state index contributed by atoms with van der Waals surface area (Å²) in [7, 11) is 4.06. The molecule has 2 unspecified atom stereocenters. The molecule has 0 bridgehead atoms. The summed E-state index contributed by atoms with van der Waals surface area (Å²) < 4.78 is 6.00. The van der Waals surface area contributed by atoms with E-state index in [4.69, 9.17) is 4.74 Å². The number of benzene rings is 1. The normalized spacial score (nSPS) is 26.8. The molecule has 2 aliphatic rings. The molecular formula is C18H26ClNO2. The molecule has 1 aliphatic heterocycles. The summed E-state index contributed by atoms with van der Waals surface area (Å²) in [5.41, 5.74) is 1.01. The quantitative estimate of drug-likeness (QED) is 0.796. The molecule has 22 heavy (non-hydrogen) atoms. The van der Waals surface area contributed by atoms with E-state index in [9.17, 15) is 4.79 Å². The van der Waals surface area contributed by atoms with Crippen molar-refractivity contribution in [2.24, 2.45) is 5.92 Å². The molecule has 4 heteroatoms. The molecule has 3 rings (SSSR count). The van der Waals surface area contributed by atoms with Crippen LogP contribution in [-0.4, -0.2) is 37.1 Å². The Labute approximate surface area is 139 Å². The van der Waals surface area contributed by atoms with E-state index >= 15 is 0 Å². The van der Waals surface area contributed by atoms with Crippen molar-refractivity contribution in [1.82, 2.24) is 4.90 Å². The second-order valence-corrected chi connectivity index (χ2v) is 6.80. The van der Waals surface area contributed by atoms with Crippen LogP contribution in [0.3, 0.4) is 0 Å². The van der Waals surface area contributed by atoms with Crippen LogP contribution in [0.15, 0.2) is 30.3 Å². The van der Waals surface area contributed by atoms with Crippen LogP contribution < -0.4 is 0 Å².